The molecule has 0 bridgehead atoms. The van der Waals surface area contributed by atoms with Crippen LogP contribution in [0.1, 0.15) is 12.8 Å². The minimum absolute atomic E-state index is 1.09. The quantitative estimate of drug-likeness (QED) is 0.445. The molecule has 2 aromatic rings. The second kappa shape index (κ2) is 10.4. The van der Waals surface area contributed by atoms with Crippen molar-refractivity contribution in [1.82, 2.24) is 9.97 Å². The summed E-state index contributed by atoms with van der Waals surface area (Å²) in [6.07, 6.45) is 6.18. The molecule has 0 aliphatic carbocycles. The van der Waals surface area contributed by atoms with Crippen LogP contribution in [-0.4, -0.2) is 21.5 Å². The topological polar surface area (TPSA) is 25.8 Å². The molecule has 106 valence electrons. The minimum atomic E-state index is 1.09. The molecule has 2 heterocycles. The first-order valence-electron chi connectivity index (χ1n) is 6.36. The molecule has 0 radical (unpaired) electrons. The van der Waals surface area contributed by atoms with Crippen molar-refractivity contribution in [2.45, 2.75) is 22.9 Å². The fraction of sp³-hybridized carbons (Fsp3) is 0.286. The van der Waals surface area contributed by atoms with E-state index in [1.54, 1.807) is 21.6 Å². The number of hydrogen-bond acceptors (Lipinski definition) is 6. The van der Waals surface area contributed by atoms with E-state index in [1.807, 2.05) is 58.2 Å². The van der Waals surface area contributed by atoms with Crippen molar-refractivity contribution < 1.29 is 0 Å². The van der Waals surface area contributed by atoms with Gasteiger partial charge in [-0.3, -0.25) is 0 Å². The van der Waals surface area contributed by atoms with Gasteiger partial charge in [0, 0.05) is 23.9 Å². The number of aromatic nitrogens is 2. The third-order valence-corrected chi connectivity index (χ3v) is 6.97. The average Bonchev–Trinajstić information content (AvgIpc) is 2.52. The van der Waals surface area contributed by atoms with E-state index in [9.17, 15) is 0 Å². The molecule has 2 nitrogen and oxygen atoms in total. The molecule has 20 heavy (non-hydrogen) atoms. The van der Waals surface area contributed by atoms with E-state index in [-0.39, 0.29) is 0 Å². The zero-order chi connectivity index (χ0) is 13.9. The zero-order valence-corrected chi connectivity index (χ0v) is 14.2. The fourth-order valence-electron chi connectivity index (χ4n) is 1.32. The van der Waals surface area contributed by atoms with E-state index in [1.165, 1.54) is 24.3 Å². The lowest BCUT2D eigenvalue weighted by Crippen LogP contribution is -1.82. The molecule has 0 spiro atoms. The first-order valence-corrected chi connectivity index (χ1v) is 11.0. The van der Waals surface area contributed by atoms with Crippen LogP contribution in [0.2, 0.25) is 0 Å². The molecule has 0 saturated heterocycles. The van der Waals surface area contributed by atoms with Gasteiger partial charge in [0.25, 0.3) is 0 Å². The highest BCUT2D eigenvalue weighted by atomic mass is 33.1. The lowest BCUT2D eigenvalue weighted by atomic mass is 10.4. The maximum Gasteiger partial charge on any atom is 0.106 e. The Labute approximate surface area is 136 Å². The average molecular weight is 341 g/mol. The summed E-state index contributed by atoms with van der Waals surface area (Å²) in [4.78, 5) is 8.57. The normalized spacial score (nSPS) is 10.6. The largest absolute Gasteiger partial charge is 0.249 e. The third kappa shape index (κ3) is 6.92. The van der Waals surface area contributed by atoms with Crippen LogP contribution in [0.15, 0.2) is 58.8 Å². The minimum Gasteiger partial charge on any atom is -0.249 e. The number of hydrogen-bond donors (Lipinski definition) is 0. The molecular weight excluding hydrogens is 324 g/mol. The molecule has 0 amide bonds. The molecule has 0 atom stereocenters. The van der Waals surface area contributed by atoms with Crippen molar-refractivity contribution in [3.8, 4) is 0 Å². The first kappa shape index (κ1) is 16.1. The Balaban J connectivity index is 1.44. The summed E-state index contributed by atoms with van der Waals surface area (Å²) in [6.45, 7) is 0. The van der Waals surface area contributed by atoms with E-state index >= 15 is 0 Å². The SMILES string of the molecule is c1ccc(SSCCCCSSc2ccccn2)nc1. The van der Waals surface area contributed by atoms with E-state index in [0.717, 1.165) is 10.1 Å². The van der Waals surface area contributed by atoms with Crippen LogP contribution in [0.4, 0.5) is 0 Å². The molecule has 2 rings (SSSR count). The standard InChI is InChI=1S/C14H16N2S4/c1-3-9-15-13(7-1)19-17-11-5-6-12-18-20-14-8-2-4-10-16-14/h1-4,7-10H,5-6,11-12H2. The predicted molar refractivity (Wildman–Crippen MR) is 94.3 cm³/mol. The lowest BCUT2D eigenvalue weighted by Gasteiger charge is -2.01. The number of rotatable bonds is 9. The van der Waals surface area contributed by atoms with Crippen LogP contribution in [0.5, 0.6) is 0 Å². The van der Waals surface area contributed by atoms with Gasteiger partial charge in [-0.05, 0) is 58.7 Å². The molecular formula is C14H16N2S4. The Bertz CT molecular complexity index is 422. The number of nitrogens with zero attached hydrogens (tertiary/aromatic N) is 2. The summed E-state index contributed by atoms with van der Waals surface area (Å²) in [5.74, 6) is 2.35. The van der Waals surface area contributed by atoms with Crippen molar-refractivity contribution in [2.24, 2.45) is 0 Å². The van der Waals surface area contributed by atoms with Gasteiger partial charge in [0.15, 0.2) is 0 Å². The Morgan fingerprint density at radius 2 is 1.20 bits per heavy atom. The summed E-state index contributed by atoms with van der Waals surface area (Å²) >= 11 is 0. The summed E-state index contributed by atoms with van der Waals surface area (Å²) in [5.41, 5.74) is 0. The molecule has 0 unspecified atom stereocenters. The van der Waals surface area contributed by atoms with Crippen LogP contribution in [0, 0.1) is 0 Å². The zero-order valence-electron chi connectivity index (χ0n) is 11.0. The fourth-order valence-corrected chi connectivity index (χ4v) is 5.37. The maximum absolute atomic E-state index is 4.29. The smallest absolute Gasteiger partial charge is 0.106 e. The van der Waals surface area contributed by atoms with Gasteiger partial charge in [-0.1, -0.05) is 33.7 Å². The van der Waals surface area contributed by atoms with Crippen LogP contribution in [0.3, 0.4) is 0 Å². The van der Waals surface area contributed by atoms with Gasteiger partial charge < -0.3 is 0 Å². The predicted octanol–water partition coefficient (Wildman–Crippen LogP) is 5.44. The van der Waals surface area contributed by atoms with E-state index in [0.29, 0.717) is 0 Å². The molecule has 0 aliphatic rings. The van der Waals surface area contributed by atoms with E-state index < -0.39 is 0 Å². The van der Waals surface area contributed by atoms with Crippen molar-refractivity contribution >= 4 is 43.2 Å². The van der Waals surface area contributed by atoms with Crippen molar-refractivity contribution in [3.05, 3.63) is 48.8 Å². The summed E-state index contributed by atoms with van der Waals surface area (Å²) in [6, 6.07) is 12.1. The molecule has 2 aromatic heterocycles. The van der Waals surface area contributed by atoms with Crippen molar-refractivity contribution in [3.63, 3.8) is 0 Å². The molecule has 0 aromatic carbocycles. The van der Waals surface area contributed by atoms with Crippen LogP contribution < -0.4 is 0 Å². The van der Waals surface area contributed by atoms with E-state index in [4.69, 9.17) is 0 Å². The second-order valence-corrected chi connectivity index (χ2v) is 8.73. The van der Waals surface area contributed by atoms with Gasteiger partial charge in [0.05, 0.1) is 0 Å². The van der Waals surface area contributed by atoms with Crippen LogP contribution in [-0.2, 0) is 0 Å². The maximum atomic E-state index is 4.29. The summed E-state index contributed by atoms with van der Waals surface area (Å²) in [7, 11) is 7.30. The van der Waals surface area contributed by atoms with Gasteiger partial charge in [-0.15, -0.1) is 0 Å². The van der Waals surface area contributed by atoms with Gasteiger partial charge in [-0.25, -0.2) is 9.97 Å². The highest BCUT2D eigenvalue weighted by molar-refractivity contribution is 8.77. The monoisotopic (exact) mass is 340 g/mol. The van der Waals surface area contributed by atoms with Gasteiger partial charge in [0.2, 0.25) is 0 Å². The van der Waals surface area contributed by atoms with Crippen molar-refractivity contribution in [2.75, 3.05) is 11.5 Å². The van der Waals surface area contributed by atoms with Gasteiger partial charge >= 0.3 is 0 Å². The second-order valence-electron chi connectivity index (χ2n) is 3.85. The van der Waals surface area contributed by atoms with Crippen LogP contribution in [0.25, 0.3) is 0 Å². The first-order chi connectivity index (χ1) is 9.95. The molecule has 0 aliphatic heterocycles. The third-order valence-electron chi connectivity index (χ3n) is 2.27. The Kier molecular flexibility index (Phi) is 8.38. The van der Waals surface area contributed by atoms with Crippen LogP contribution >= 0.6 is 43.2 Å². The van der Waals surface area contributed by atoms with Gasteiger partial charge in [0.1, 0.15) is 10.1 Å². The summed E-state index contributed by atoms with van der Waals surface area (Å²) in [5, 5.41) is 2.19. The highest BCUT2D eigenvalue weighted by Gasteiger charge is 1.97. The Morgan fingerprint density at radius 1 is 0.700 bits per heavy atom. The summed E-state index contributed by atoms with van der Waals surface area (Å²) < 4.78 is 0. The highest BCUT2D eigenvalue weighted by Crippen LogP contribution is 2.32. The Morgan fingerprint density at radius 3 is 1.60 bits per heavy atom. The lowest BCUT2D eigenvalue weighted by molar-refractivity contribution is 0.911. The number of unbranched alkanes of at least 4 members (excludes halogenated alkanes) is 1. The van der Waals surface area contributed by atoms with Gasteiger partial charge in [-0.2, -0.15) is 0 Å². The van der Waals surface area contributed by atoms with Crippen molar-refractivity contribution in [1.29, 1.82) is 0 Å². The van der Waals surface area contributed by atoms with E-state index in [2.05, 4.69) is 22.1 Å². The Hall–Kier alpha value is -0.300. The molecule has 0 N–H and O–H groups in total. The molecule has 0 saturated carbocycles. The molecule has 6 heteroatoms. The number of pyridine rings is 2. The molecule has 0 fully saturated rings.